The summed E-state index contributed by atoms with van der Waals surface area (Å²) in [5.41, 5.74) is 0.862. The van der Waals surface area contributed by atoms with Gasteiger partial charge in [-0.25, -0.2) is 4.98 Å². The summed E-state index contributed by atoms with van der Waals surface area (Å²) in [7, 11) is 1.67. The van der Waals surface area contributed by atoms with Crippen LogP contribution < -0.4 is 0 Å². The highest BCUT2D eigenvalue weighted by molar-refractivity contribution is 7.09. The highest BCUT2D eigenvalue weighted by Crippen LogP contribution is 2.28. The molecule has 0 saturated carbocycles. The van der Waals surface area contributed by atoms with Gasteiger partial charge in [0.25, 0.3) is 0 Å². The van der Waals surface area contributed by atoms with Gasteiger partial charge in [-0.3, -0.25) is 0 Å². The summed E-state index contributed by atoms with van der Waals surface area (Å²) in [5.74, 6) is 0. The largest absolute Gasteiger partial charge is 0.387 e. The second-order valence-corrected chi connectivity index (χ2v) is 5.84. The van der Waals surface area contributed by atoms with Crippen molar-refractivity contribution < 1.29 is 9.84 Å². The maximum absolute atomic E-state index is 9.91. The zero-order valence-electron chi connectivity index (χ0n) is 10.5. The van der Waals surface area contributed by atoms with E-state index >= 15 is 0 Å². The summed E-state index contributed by atoms with van der Waals surface area (Å²) in [6, 6.07) is 0. The predicted octanol–water partition coefficient (Wildman–Crippen LogP) is 2.90. The third-order valence-corrected chi connectivity index (χ3v) is 3.62. The van der Waals surface area contributed by atoms with Crippen LogP contribution in [0, 0.1) is 0 Å². The summed E-state index contributed by atoms with van der Waals surface area (Å²) in [6.45, 7) is 7.08. The van der Waals surface area contributed by atoms with Gasteiger partial charge in [0.05, 0.1) is 16.8 Å². The molecule has 0 saturated heterocycles. The third-order valence-electron chi connectivity index (χ3n) is 2.33. The average molecular weight is 243 g/mol. The van der Waals surface area contributed by atoms with Crippen LogP contribution in [0.15, 0.2) is 5.38 Å². The van der Waals surface area contributed by atoms with Gasteiger partial charge in [0.1, 0.15) is 0 Å². The molecule has 0 aliphatic heterocycles. The van der Waals surface area contributed by atoms with E-state index < -0.39 is 6.10 Å². The number of ether oxygens (including phenoxy) is 1. The summed E-state index contributed by atoms with van der Waals surface area (Å²) in [6.07, 6.45) is 1.11. The Kier molecular flexibility index (Phi) is 4.89. The fourth-order valence-corrected chi connectivity index (χ4v) is 2.31. The first kappa shape index (κ1) is 13.6. The van der Waals surface area contributed by atoms with Crippen molar-refractivity contribution in [3.05, 3.63) is 16.1 Å². The van der Waals surface area contributed by atoms with Gasteiger partial charge in [0.15, 0.2) is 0 Å². The molecule has 1 aromatic rings. The maximum atomic E-state index is 9.91. The average Bonchev–Trinajstić information content (AvgIpc) is 2.66. The molecule has 0 fully saturated rings. The molecule has 0 aliphatic carbocycles. The first-order chi connectivity index (χ1) is 7.45. The van der Waals surface area contributed by atoms with Gasteiger partial charge in [-0.2, -0.15) is 0 Å². The zero-order chi connectivity index (χ0) is 12.2. The number of thiazole rings is 1. The van der Waals surface area contributed by atoms with Crippen LogP contribution in [0.5, 0.6) is 0 Å². The van der Waals surface area contributed by atoms with Crippen molar-refractivity contribution >= 4 is 11.3 Å². The van der Waals surface area contributed by atoms with E-state index in [1.807, 2.05) is 5.38 Å². The van der Waals surface area contributed by atoms with E-state index in [0.717, 1.165) is 17.1 Å². The number of aromatic nitrogens is 1. The van der Waals surface area contributed by atoms with E-state index in [0.29, 0.717) is 13.0 Å². The molecule has 1 aromatic heterocycles. The molecule has 16 heavy (non-hydrogen) atoms. The van der Waals surface area contributed by atoms with Crippen molar-refractivity contribution in [2.75, 3.05) is 13.7 Å². The van der Waals surface area contributed by atoms with Gasteiger partial charge in [0, 0.05) is 24.5 Å². The topological polar surface area (TPSA) is 42.4 Å². The van der Waals surface area contributed by atoms with Crippen LogP contribution in [0.1, 0.15) is 50.4 Å². The Morgan fingerprint density at radius 2 is 2.19 bits per heavy atom. The van der Waals surface area contributed by atoms with E-state index in [-0.39, 0.29) is 5.41 Å². The number of hydrogen-bond donors (Lipinski definition) is 1. The standard InChI is InChI=1S/C12H21NO2S/c1-12(2,3)11-13-9(8-16-11)10(14)6-5-7-15-4/h8,10,14H,5-7H2,1-4H3. The third kappa shape index (κ3) is 3.85. The van der Waals surface area contributed by atoms with Crippen molar-refractivity contribution in [1.29, 1.82) is 0 Å². The Morgan fingerprint density at radius 1 is 1.50 bits per heavy atom. The lowest BCUT2D eigenvalue weighted by Crippen LogP contribution is -2.11. The van der Waals surface area contributed by atoms with Crippen molar-refractivity contribution in [1.82, 2.24) is 4.98 Å². The molecule has 0 amide bonds. The Morgan fingerprint density at radius 3 is 2.69 bits per heavy atom. The Bertz CT molecular complexity index is 317. The van der Waals surface area contributed by atoms with Gasteiger partial charge >= 0.3 is 0 Å². The van der Waals surface area contributed by atoms with Crippen LogP contribution in [0.25, 0.3) is 0 Å². The molecular weight excluding hydrogens is 222 g/mol. The molecule has 4 heteroatoms. The maximum Gasteiger partial charge on any atom is 0.0983 e. The first-order valence-electron chi connectivity index (χ1n) is 5.58. The second kappa shape index (κ2) is 5.75. The minimum Gasteiger partial charge on any atom is -0.387 e. The number of hydrogen-bond acceptors (Lipinski definition) is 4. The molecule has 1 heterocycles. The summed E-state index contributed by atoms with van der Waals surface area (Å²) < 4.78 is 4.96. The van der Waals surface area contributed by atoms with Gasteiger partial charge in [-0.05, 0) is 12.8 Å². The van der Waals surface area contributed by atoms with E-state index in [2.05, 4.69) is 25.8 Å². The summed E-state index contributed by atoms with van der Waals surface area (Å²) in [5, 5.41) is 12.9. The van der Waals surface area contributed by atoms with Crippen LogP contribution in [0.2, 0.25) is 0 Å². The minimum atomic E-state index is -0.456. The predicted molar refractivity (Wildman–Crippen MR) is 66.9 cm³/mol. The number of aliphatic hydroxyl groups excluding tert-OH is 1. The molecule has 0 aromatic carbocycles. The fourth-order valence-electron chi connectivity index (χ4n) is 1.35. The van der Waals surface area contributed by atoms with Gasteiger partial charge < -0.3 is 9.84 Å². The quantitative estimate of drug-likeness (QED) is 0.809. The Hall–Kier alpha value is -0.450. The monoisotopic (exact) mass is 243 g/mol. The lowest BCUT2D eigenvalue weighted by molar-refractivity contribution is 0.133. The van der Waals surface area contributed by atoms with Crippen LogP contribution in [-0.2, 0) is 10.2 Å². The van der Waals surface area contributed by atoms with E-state index in [1.54, 1.807) is 18.4 Å². The van der Waals surface area contributed by atoms with Gasteiger partial charge in [-0.1, -0.05) is 20.8 Å². The molecule has 0 aliphatic rings. The number of methoxy groups -OCH3 is 1. The highest BCUT2D eigenvalue weighted by atomic mass is 32.1. The van der Waals surface area contributed by atoms with Crippen LogP contribution >= 0.6 is 11.3 Å². The van der Waals surface area contributed by atoms with E-state index in [9.17, 15) is 5.11 Å². The smallest absolute Gasteiger partial charge is 0.0983 e. The summed E-state index contributed by atoms with van der Waals surface area (Å²) in [4.78, 5) is 4.49. The molecule has 1 atom stereocenters. The molecular formula is C12H21NO2S. The van der Waals surface area contributed by atoms with Gasteiger partial charge in [0.2, 0.25) is 0 Å². The highest BCUT2D eigenvalue weighted by Gasteiger charge is 2.20. The van der Waals surface area contributed by atoms with Crippen molar-refractivity contribution in [3.8, 4) is 0 Å². The molecule has 0 bridgehead atoms. The van der Waals surface area contributed by atoms with Crippen molar-refractivity contribution in [2.45, 2.75) is 45.1 Å². The number of aliphatic hydroxyl groups is 1. The normalized spacial score (nSPS) is 14.1. The van der Waals surface area contributed by atoms with E-state index in [4.69, 9.17) is 4.74 Å². The van der Waals surface area contributed by atoms with Crippen molar-refractivity contribution in [3.63, 3.8) is 0 Å². The fraction of sp³-hybridized carbons (Fsp3) is 0.750. The first-order valence-corrected chi connectivity index (χ1v) is 6.46. The summed E-state index contributed by atoms with van der Waals surface area (Å²) >= 11 is 1.62. The van der Waals surface area contributed by atoms with Gasteiger partial charge in [-0.15, -0.1) is 11.3 Å². The lowest BCUT2D eigenvalue weighted by atomic mass is 9.98. The Balaban J connectivity index is 2.56. The second-order valence-electron chi connectivity index (χ2n) is 4.98. The zero-order valence-corrected chi connectivity index (χ0v) is 11.3. The number of nitrogens with zero attached hydrogens (tertiary/aromatic N) is 1. The van der Waals surface area contributed by atoms with Crippen LogP contribution in [0.3, 0.4) is 0 Å². The lowest BCUT2D eigenvalue weighted by Gasteiger charge is -2.14. The molecule has 0 radical (unpaired) electrons. The molecule has 0 spiro atoms. The Labute approximate surface area is 101 Å². The molecule has 1 unspecified atom stereocenters. The SMILES string of the molecule is COCCCC(O)c1csc(C(C)(C)C)n1. The van der Waals surface area contributed by atoms with Crippen LogP contribution in [-0.4, -0.2) is 23.8 Å². The molecule has 1 N–H and O–H groups in total. The minimum absolute atomic E-state index is 0.0646. The number of rotatable bonds is 5. The van der Waals surface area contributed by atoms with Crippen molar-refractivity contribution in [2.24, 2.45) is 0 Å². The van der Waals surface area contributed by atoms with E-state index in [1.165, 1.54) is 0 Å². The molecule has 1 rings (SSSR count). The molecule has 3 nitrogen and oxygen atoms in total. The van der Waals surface area contributed by atoms with Crippen LogP contribution in [0.4, 0.5) is 0 Å². The molecule has 92 valence electrons.